The molecule has 15 heavy (non-hydrogen) atoms. The minimum absolute atomic E-state index is 0.0776. The lowest BCUT2D eigenvalue weighted by atomic mass is 10.2. The summed E-state index contributed by atoms with van der Waals surface area (Å²) < 4.78 is 1.23. The zero-order valence-corrected chi connectivity index (χ0v) is 8.83. The SMILES string of the molecule is O=C(O)C/C=C/c1cc2ccccc2s1. The van der Waals surface area contributed by atoms with Crippen molar-refractivity contribution in [1.82, 2.24) is 0 Å². The topological polar surface area (TPSA) is 37.3 Å². The van der Waals surface area contributed by atoms with Gasteiger partial charge in [0.05, 0.1) is 6.42 Å². The largest absolute Gasteiger partial charge is 0.481 e. The Morgan fingerprint density at radius 2 is 2.20 bits per heavy atom. The van der Waals surface area contributed by atoms with Gasteiger partial charge in [0.2, 0.25) is 0 Å². The fourth-order valence-electron chi connectivity index (χ4n) is 1.36. The van der Waals surface area contributed by atoms with Crippen LogP contribution in [0, 0.1) is 0 Å². The third kappa shape index (κ3) is 2.44. The van der Waals surface area contributed by atoms with E-state index < -0.39 is 5.97 Å². The number of aliphatic carboxylic acids is 1. The first-order valence-electron chi connectivity index (χ1n) is 4.62. The maximum atomic E-state index is 10.3. The van der Waals surface area contributed by atoms with E-state index in [1.807, 2.05) is 18.2 Å². The second-order valence-corrected chi connectivity index (χ2v) is 4.30. The molecular weight excluding hydrogens is 208 g/mol. The van der Waals surface area contributed by atoms with Crippen LogP contribution in [0.1, 0.15) is 11.3 Å². The molecule has 0 bridgehead atoms. The number of hydrogen-bond donors (Lipinski definition) is 1. The van der Waals surface area contributed by atoms with E-state index in [0.29, 0.717) is 0 Å². The number of hydrogen-bond acceptors (Lipinski definition) is 2. The Morgan fingerprint density at radius 1 is 1.40 bits per heavy atom. The van der Waals surface area contributed by atoms with Crippen LogP contribution < -0.4 is 0 Å². The summed E-state index contributed by atoms with van der Waals surface area (Å²) in [6.07, 6.45) is 3.61. The first-order valence-corrected chi connectivity index (χ1v) is 5.44. The molecule has 2 nitrogen and oxygen atoms in total. The summed E-state index contributed by atoms with van der Waals surface area (Å²) >= 11 is 1.67. The number of rotatable bonds is 3. The van der Waals surface area contributed by atoms with Crippen molar-refractivity contribution in [3.05, 3.63) is 41.3 Å². The Balaban J connectivity index is 2.22. The van der Waals surface area contributed by atoms with Gasteiger partial charge in [0, 0.05) is 9.58 Å². The molecule has 0 saturated carbocycles. The quantitative estimate of drug-likeness (QED) is 0.857. The smallest absolute Gasteiger partial charge is 0.307 e. The van der Waals surface area contributed by atoms with Crippen molar-refractivity contribution in [3.63, 3.8) is 0 Å². The van der Waals surface area contributed by atoms with Crippen LogP contribution in [0.5, 0.6) is 0 Å². The molecule has 0 aliphatic rings. The van der Waals surface area contributed by atoms with Crippen molar-refractivity contribution < 1.29 is 9.90 Å². The lowest BCUT2D eigenvalue weighted by Crippen LogP contribution is -1.89. The molecule has 0 spiro atoms. The molecule has 0 unspecified atom stereocenters. The lowest BCUT2D eigenvalue weighted by Gasteiger charge is -1.83. The Labute approximate surface area is 91.5 Å². The summed E-state index contributed by atoms with van der Waals surface area (Å²) in [6, 6.07) is 10.2. The Morgan fingerprint density at radius 3 is 2.93 bits per heavy atom. The molecule has 1 aromatic heterocycles. The predicted octanol–water partition coefficient (Wildman–Crippen LogP) is 3.39. The highest BCUT2D eigenvalue weighted by atomic mass is 32.1. The molecular formula is C12H10O2S. The maximum Gasteiger partial charge on any atom is 0.307 e. The minimum Gasteiger partial charge on any atom is -0.481 e. The molecule has 0 amide bonds. The van der Waals surface area contributed by atoms with Crippen LogP contribution >= 0.6 is 11.3 Å². The van der Waals surface area contributed by atoms with Gasteiger partial charge in [-0.2, -0.15) is 0 Å². The second-order valence-electron chi connectivity index (χ2n) is 3.19. The molecule has 0 fully saturated rings. The number of fused-ring (bicyclic) bond motifs is 1. The highest BCUT2D eigenvalue weighted by molar-refractivity contribution is 7.19. The average Bonchev–Trinajstić information content (AvgIpc) is 2.59. The third-order valence-corrected chi connectivity index (χ3v) is 3.10. The molecule has 0 aliphatic heterocycles. The number of carboxylic acids is 1. The minimum atomic E-state index is -0.799. The second kappa shape index (κ2) is 4.28. The van der Waals surface area contributed by atoms with Gasteiger partial charge in [0.1, 0.15) is 0 Å². The van der Waals surface area contributed by atoms with Crippen LogP contribution in [-0.4, -0.2) is 11.1 Å². The summed E-state index contributed by atoms with van der Waals surface area (Å²) in [5.74, 6) is -0.799. The first kappa shape index (κ1) is 9.93. The van der Waals surface area contributed by atoms with Crippen molar-refractivity contribution in [2.24, 2.45) is 0 Å². The van der Waals surface area contributed by atoms with Crippen molar-refractivity contribution >= 4 is 33.5 Å². The van der Waals surface area contributed by atoms with Gasteiger partial charge in [0.25, 0.3) is 0 Å². The van der Waals surface area contributed by atoms with Crippen LogP contribution in [0.3, 0.4) is 0 Å². The zero-order valence-electron chi connectivity index (χ0n) is 8.01. The molecule has 0 radical (unpaired) electrons. The summed E-state index contributed by atoms with van der Waals surface area (Å²) in [7, 11) is 0. The molecule has 0 atom stereocenters. The zero-order chi connectivity index (χ0) is 10.7. The number of benzene rings is 1. The van der Waals surface area contributed by atoms with Gasteiger partial charge in [-0.15, -0.1) is 11.3 Å². The highest BCUT2D eigenvalue weighted by Gasteiger charge is 1.97. The predicted molar refractivity (Wildman–Crippen MR) is 63.1 cm³/mol. The van der Waals surface area contributed by atoms with Gasteiger partial charge in [0.15, 0.2) is 0 Å². The van der Waals surface area contributed by atoms with E-state index in [1.54, 1.807) is 17.4 Å². The molecule has 2 rings (SSSR count). The fourth-order valence-corrected chi connectivity index (χ4v) is 2.36. The van der Waals surface area contributed by atoms with Crippen LogP contribution in [-0.2, 0) is 4.79 Å². The Kier molecular flexibility index (Phi) is 2.83. The van der Waals surface area contributed by atoms with Crippen LogP contribution in [0.15, 0.2) is 36.4 Å². The van der Waals surface area contributed by atoms with Crippen molar-refractivity contribution in [2.45, 2.75) is 6.42 Å². The summed E-state index contributed by atoms with van der Waals surface area (Å²) in [4.78, 5) is 11.4. The van der Waals surface area contributed by atoms with E-state index in [1.165, 1.54) is 10.1 Å². The molecule has 1 aromatic carbocycles. The summed E-state index contributed by atoms with van der Waals surface area (Å²) in [5, 5.41) is 9.69. The number of carboxylic acid groups (broad SMARTS) is 1. The van der Waals surface area contributed by atoms with E-state index in [-0.39, 0.29) is 6.42 Å². The van der Waals surface area contributed by atoms with E-state index in [4.69, 9.17) is 5.11 Å². The highest BCUT2D eigenvalue weighted by Crippen LogP contribution is 2.26. The number of thiophene rings is 1. The molecule has 2 aromatic rings. The molecule has 0 aliphatic carbocycles. The van der Waals surface area contributed by atoms with Gasteiger partial charge in [-0.3, -0.25) is 4.79 Å². The van der Waals surface area contributed by atoms with E-state index in [0.717, 1.165) is 4.88 Å². The van der Waals surface area contributed by atoms with Gasteiger partial charge in [-0.1, -0.05) is 24.3 Å². The van der Waals surface area contributed by atoms with Crippen molar-refractivity contribution in [1.29, 1.82) is 0 Å². The van der Waals surface area contributed by atoms with E-state index >= 15 is 0 Å². The monoisotopic (exact) mass is 218 g/mol. The molecule has 3 heteroatoms. The van der Waals surface area contributed by atoms with Gasteiger partial charge < -0.3 is 5.11 Å². The van der Waals surface area contributed by atoms with Crippen LogP contribution in [0.25, 0.3) is 16.2 Å². The maximum absolute atomic E-state index is 10.3. The Bertz CT molecular complexity index is 478. The summed E-state index contributed by atoms with van der Waals surface area (Å²) in [5.41, 5.74) is 0. The van der Waals surface area contributed by atoms with Crippen molar-refractivity contribution in [3.8, 4) is 0 Å². The molecule has 76 valence electrons. The standard InChI is InChI=1S/C12H10O2S/c13-12(14)7-3-5-10-8-9-4-1-2-6-11(9)15-10/h1-6,8H,7H2,(H,13,14)/b5-3+. The normalized spacial score (nSPS) is 11.2. The van der Waals surface area contributed by atoms with Crippen molar-refractivity contribution in [2.75, 3.05) is 0 Å². The first-order chi connectivity index (χ1) is 7.25. The average molecular weight is 218 g/mol. The van der Waals surface area contributed by atoms with Crippen LogP contribution in [0.4, 0.5) is 0 Å². The van der Waals surface area contributed by atoms with Crippen LogP contribution in [0.2, 0.25) is 0 Å². The fraction of sp³-hybridized carbons (Fsp3) is 0.0833. The van der Waals surface area contributed by atoms with Gasteiger partial charge in [-0.05, 0) is 23.6 Å². The van der Waals surface area contributed by atoms with E-state index in [2.05, 4.69) is 18.2 Å². The van der Waals surface area contributed by atoms with E-state index in [9.17, 15) is 4.79 Å². The molecule has 0 saturated heterocycles. The molecule has 1 heterocycles. The van der Waals surface area contributed by atoms with Gasteiger partial charge in [-0.25, -0.2) is 0 Å². The Hall–Kier alpha value is -1.61. The lowest BCUT2D eigenvalue weighted by molar-refractivity contribution is -0.135. The number of carbonyl (C=O) groups is 1. The van der Waals surface area contributed by atoms with Gasteiger partial charge >= 0.3 is 5.97 Å². The summed E-state index contributed by atoms with van der Waals surface area (Å²) in [6.45, 7) is 0. The third-order valence-electron chi connectivity index (χ3n) is 2.02. The molecule has 1 N–H and O–H groups in total.